The molecule has 0 spiro atoms. The molecular formula is C16H32N2. The van der Waals surface area contributed by atoms with Gasteiger partial charge in [-0.25, -0.2) is 0 Å². The van der Waals surface area contributed by atoms with E-state index in [9.17, 15) is 0 Å². The zero-order chi connectivity index (χ0) is 12.8. The number of hydrogen-bond donors (Lipinski definition) is 1. The van der Waals surface area contributed by atoms with E-state index < -0.39 is 0 Å². The van der Waals surface area contributed by atoms with Crippen LogP contribution in [0.2, 0.25) is 0 Å². The molecule has 0 aromatic rings. The Hall–Kier alpha value is -0.0800. The third-order valence-electron chi connectivity index (χ3n) is 5.48. The normalized spacial score (nSPS) is 26.2. The topological polar surface area (TPSA) is 29.3 Å². The molecule has 106 valence electrons. The standard InChI is InChI=1S/C16H32N2/c1-18(13-15-9-5-6-10-15)16(14-17)11-7-3-2-4-8-12-16/h15H,2-14,17H2,1H3. The summed E-state index contributed by atoms with van der Waals surface area (Å²) in [5.74, 6) is 0.948. The smallest absolute Gasteiger partial charge is 0.0328 e. The maximum absolute atomic E-state index is 6.19. The lowest BCUT2D eigenvalue weighted by molar-refractivity contribution is 0.0781. The molecule has 0 aromatic carbocycles. The zero-order valence-electron chi connectivity index (χ0n) is 12.3. The molecule has 2 aliphatic carbocycles. The summed E-state index contributed by atoms with van der Waals surface area (Å²) in [6.07, 6.45) is 15.5. The molecule has 0 aromatic heterocycles. The van der Waals surface area contributed by atoms with Gasteiger partial charge in [0, 0.05) is 18.6 Å². The predicted octanol–water partition coefficient (Wildman–Crippen LogP) is 3.55. The molecule has 2 heteroatoms. The Morgan fingerprint density at radius 2 is 1.50 bits per heavy atom. The van der Waals surface area contributed by atoms with Crippen molar-refractivity contribution in [3.05, 3.63) is 0 Å². The van der Waals surface area contributed by atoms with Gasteiger partial charge in [-0.2, -0.15) is 0 Å². The van der Waals surface area contributed by atoms with E-state index in [1.54, 1.807) is 0 Å². The summed E-state index contributed by atoms with van der Waals surface area (Å²) >= 11 is 0. The molecule has 0 saturated heterocycles. The first-order valence-electron chi connectivity index (χ1n) is 8.18. The first kappa shape index (κ1) is 14.3. The van der Waals surface area contributed by atoms with E-state index in [-0.39, 0.29) is 0 Å². The second-order valence-electron chi connectivity index (χ2n) is 6.73. The van der Waals surface area contributed by atoms with Crippen LogP contribution >= 0.6 is 0 Å². The highest BCUT2D eigenvalue weighted by atomic mass is 15.2. The van der Waals surface area contributed by atoms with Crippen LogP contribution in [0.5, 0.6) is 0 Å². The highest BCUT2D eigenvalue weighted by Crippen LogP contribution is 2.33. The summed E-state index contributed by atoms with van der Waals surface area (Å²) in [6, 6.07) is 0. The number of likely N-dealkylation sites (N-methyl/N-ethyl adjacent to an activating group) is 1. The lowest BCUT2D eigenvalue weighted by Gasteiger charge is -2.43. The van der Waals surface area contributed by atoms with Crippen molar-refractivity contribution in [1.82, 2.24) is 4.90 Å². The summed E-state index contributed by atoms with van der Waals surface area (Å²) in [5, 5.41) is 0. The number of hydrogen-bond acceptors (Lipinski definition) is 2. The fourth-order valence-corrected chi connectivity index (χ4v) is 4.08. The minimum absolute atomic E-state index is 0.322. The van der Waals surface area contributed by atoms with Gasteiger partial charge < -0.3 is 5.73 Å². The Labute approximate surface area is 113 Å². The lowest BCUT2D eigenvalue weighted by atomic mass is 9.82. The molecule has 0 amide bonds. The minimum Gasteiger partial charge on any atom is -0.329 e. The van der Waals surface area contributed by atoms with Crippen molar-refractivity contribution in [1.29, 1.82) is 0 Å². The van der Waals surface area contributed by atoms with E-state index in [1.807, 2.05) is 0 Å². The molecule has 2 nitrogen and oxygen atoms in total. The first-order chi connectivity index (χ1) is 8.77. The number of nitrogens with two attached hydrogens (primary N) is 1. The number of rotatable bonds is 4. The van der Waals surface area contributed by atoms with E-state index >= 15 is 0 Å². The maximum atomic E-state index is 6.19. The zero-order valence-corrected chi connectivity index (χ0v) is 12.3. The molecule has 0 unspecified atom stereocenters. The van der Waals surface area contributed by atoms with Gasteiger partial charge in [-0.05, 0) is 38.6 Å². The quantitative estimate of drug-likeness (QED) is 0.829. The van der Waals surface area contributed by atoms with Crippen molar-refractivity contribution in [2.75, 3.05) is 20.1 Å². The van der Waals surface area contributed by atoms with Crippen molar-refractivity contribution in [2.45, 2.75) is 76.2 Å². The molecule has 0 heterocycles. The molecule has 2 N–H and O–H groups in total. The van der Waals surface area contributed by atoms with Gasteiger partial charge in [0.1, 0.15) is 0 Å². The number of nitrogens with zero attached hydrogens (tertiary/aromatic N) is 1. The van der Waals surface area contributed by atoms with E-state index in [0.717, 1.165) is 12.5 Å². The SMILES string of the molecule is CN(CC1CCCC1)C1(CN)CCCCCCC1. The Balaban J connectivity index is 1.94. The Bertz CT molecular complexity index is 225. The highest BCUT2D eigenvalue weighted by molar-refractivity contribution is 4.92. The van der Waals surface area contributed by atoms with Gasteiger partial charge in [0.15, 0.2) is 0 Å². The minimum atomic E-state index is 0.322. The summed E-state index contributed by atoms with van der Waals surface area (Å²) in [5.41, 5.74) is 6.51. The summed E-state index contributed by atoms with van der Waals surface area (Å²) in [6.45, 7) is 2.15. The summed E-state index contributed by atoms with van der Waals surface area (Å²) < 4.78 is 0. The van der Waals surface area contributed by atoms with Crippen molar-refractivity contribution in [3.8, 4) is 0 Å². The van der Waals surface area contributed by atoms with Gasteiger partial charge in [-0.15, -0.1) is 0 Å². The van der Waals surface area contributed by atoms with Crippen LogP contribution in [-0.4, -0.2) is 30.6 Å². The molecule has 0 atom stereocenters. The van der Waals surface area contributed by atoms with Crippen LogP contribution in [0.3, 0.4) is 0 Å². The monoisotopic (exact) mass is 252 g/mol. The third-order valence-corrected chi connectivity index (χ3v) is 5.48. The second kappa shape index (κ2) is 6.91. The average molecular weight is 252 g/mol. The molecule has 0 radical (unpaired) electrons. The van der Waals surface area contributed by atoms with Crippen LogP contribution in [0.15, 0.2) is 0 Å². The van der Waals surface area contributed by atoms with Gasteiger partial charge in [-0.1, -0.05) is 44.9 Å². The van der Waals surface area contributed by atoms with E-state index in [2.05, 4.69) is 11.9 Å². The molecule has 2 fully saturated rings. The molecule has 2 aliphatic rings. The van der Waals surface area contributed by atoms with Gasteiger partial charge in [-0.3, -0.25) is 4.90 Å². The molecule has 2 saturated carbocycles. The largest absolute Gasteiger partial charge is 0.329 e. The molecular weight excluding hydrogens is 220 g/mol. The van der Waals surface area contributed by atoms with Crippen molar-refractivity contribution in [3.63, 3.8) is 0 Å². The Morgan fingerprint density at radius 1 is 0.944 bits per heavy atom. The van der Waals surface area contributed by atoms with Crippen LogP contribution in [0.1, 0.15) is 70.6 Å². The molecule has 0 aliphatic heterocycles. The van der Waals surface area contributed by atoms with Gasteiger partial charge in [0.25, 0.3) is 0 Å². The highest BCUT2D eigenvalue weighted by Gasteiger charge is 2.34. The molecule has 2 rings (SSSR count). The van der Waals surface area contributed by atoms with Gasteiger partial charge in [0.05, 0.1) is 0 Å². The molecule has 18 heavy (non-hydrogen) atoms. The second-order valence-corrected chi connectivity index (χ2v) is 6.73. The van der Waals surface area contributed by atoms with Crippen LogP contribution < -0.4 is 5.73 Å². The first-order valence-corrected chi connectivity index (χ1v) is 8.18. The van der Waals surface area contributed by atoms with Crippen LogP contribution in [0.4, 0.5) is 0 Å². The van der Waals surface area contributed by atoms with E-state index in [4.69, 9.17) is 5.73 Å². The van der Waals surface area contributed by atoms with Crippen LogP contribution in [0, 0.1) is 5.92 Å². The van der Waals surface area contributed by atoms with Crippen LogP contribution in [0.25, 0.3) is 0 Å². The van der Waals surface area contributed by atoms with Gasteiger partial charge >= 0.3 is 0 Å². The fraction of sp³-hybridized carbons (Fsp3) is 1.00. The third kappa shape index (κ3) is 3.48. The molecule has 0 bridgehead atoms. The maximum Gasteiger partial charge on any atom is 0.0328 e. The average Bonchev–Trinajstić information content (AvgIpc) is 2.82. The van der Waals surface area contributed by atoms with Crippen molar-refractivity contribution >= 4 is 0 Å². The summed E-state index contributed by atoms with van der Waals surface area (Å²) in [4.78, 5) is 2.65. The van der Waals surface area contributed by atoms with Crippen LogP contribution in [-0.2, 0) is 0 Å². The Morgan fingerprint density at radius 3 is 2.06 bits per heavy atom. The van der Waals surface area contributed by atoms with E-state index in [0.29, 0.717) is 5.54 Å². The van der Waals surface area contributed by atoms with Gasteiger partial charge in [0.2, 0.25) is 0 Å². The Kier molecular flexibility index (Phi) is 5.50. The fourth-order valence-electron chi connectivity index (χ4n) is 4.08. The van der Waals surface area contributed by atoms with Crippen molar-refractivity contribution < 1.29 is 0 Å². The van der Waals surface area contributed by atoms with E-state index in [1.165, 1.54) is 77.2 Å². The summed E-state index contributed by atoms with van der Waals surface area (Å²) in [7, 11) is 2.34. The van der Waals surface area contributed by atoms with Crippen molar-refractivity contribution in [2.24, 2.45) is 11.7 Å². The lowest BCUT2D eigenvalue weighted by Crippen LogP contribution is -2.53. The predicted molar refractivity (Wildman–Crippen MR) is 78.7 cm³/mol.